The third-order valence-electron chi connectivity index (χ3n) is 3.58. The lowest BCUT2D eigenvalue weighted by molar-refractivity contribution is 0.173. The molecule has 0 radical (unpaired) electrons. The highest BCUT2D eigenvalue weighted by molar-refractivity contribution is 5.48. The highest BCUT2D eigenvalue weighted by Crippen LogP contribution is 2.36. The van der Waals surface area contributed by atoms with Crippen molar-refractivity contribution in [3.63, 3.8) is 0 Å². The summed E-state index contributed by atoms with van der Waals surface area (Å²) in [6.45, 7) is 2.71. The Balaban J connectivity index is 1.76. The van der Waals surface area contributed by atoms with E-state index in [1.165, 1.54) is 0 Å². The zero-order valence-corrected chi connectivity index (χ0v) is 12.8. The maximum atomic E-state index is 5.84. The van der Waals surface area contributed by atoms with Gasteiger partial charge in [0, 0.05) is 6.07 Å². The van der Waals surface area contributed by atoms with Gasteiger partial charge >= 0.3 is 0 Å². The van der Waals surface area contributed by atoms with Crippen LogP contribution in [0.15, 0.2) is 30.3 Å². The molecular weight excluding hydrogens is 284 g/mol. The summed E-state index contributed by atoms with van der Waals surface area (Å²) in [6.07, 6.45) is 0. The number of hydrogen-bond donors (Lipinski definition) is 0. The number of hydrogen-bond acceptors (Lipinski definition) is 5. The molecule has 0 saturated heterocycles. The molecule has 5 heteroatoms. The Morgan fingerprint density at radius 2 is 1.68 bits per heavy atom. The molecule has 0 unspecified atom stereocenters. The molecule has 1 aliphatic rings. The second kappa shape index (κ2) is 6.05. The molecule has 5 nitrogen and oxygen atoms in total. The molecule has 0 aliphatic carbocycles. The molecule has 1 heterocycles. The third-order valence-corrected chi connectivity index (χ3v) is 3.58. The molecule has 0 aromatic heterocycles. The summed E-state index contributed by atoms with van der Waals surface area (Å²) >= 11 is 0. The lowest BCUT2D eigenvalue weighted by Crippen LogP contribution is -2.00. The first kappa shape index (κ1) is 14.4. The second-order valence-corrected chi connectivity index (χ2v) is 4.94. The summed E-state index contributed by atoms with van der Waals surface area (Å²) in [5.41, 5.74) is 2.12. The molecule has 22 heavy (non-hydrogen) atoms. The van der Waals surface area contributed by atoms with Gasteiger partial charge in [0.1, 0.15) is 12.4 Å². The van der Waals surface area contributed by atoms with Crippen LogP contribution in [-0.2, 0) is 6.61 Å². The van der Waals surface area contributed by atoms with E-state index in [-0.39, 0.29) is 6.79 Å². The highest BCUT2D eigenvalue weighted by Gasteiger charge is 2.14. The normalized spacial score (nSPS) is 12.1. The van der Waals surface area contributed by atoms with Gasteiger partial charge in [0.05, 0.1) is 14.2 Å². The third kappa shape index (κ3) is 2.74. The molecule has 0 atom stereocenters. The van der Waals surface area contributed by atoms with Gasteiger partial charge in [0.15, 0.2) is 23.0 Å². The van der Waals surface area contributed by atoms with E-state index in [0.717, 1.165) is 22.6 Å². The van der Waals surface area contributed by atoms with Crippen molar-refractivity contribution in [1.29, 1.82) is 0 Å². The monoisotopic (exact) mass is 302 g/mol. The zero-order valence-electron chi connectivity index (χ0n) is 12.8. The van der Waals surface area contributed by atoms with Crippen molar-refractivity contribution in [2.24, 2.45) is 0 Å². The minimum atomic E-state index is 0.258. The van der Waals surface area contributed by atoms with Crippen LogP contribution in [0.3, 0.4) is 0 Å². The van der Waals surface area contributed by atoms with Gasteiger partial charge in [-0.3, -0.25) is 0 Å². The lowest BCUT2D eigenvalue weighted by atomic mass is 10.1. The van der Waals surface area contributed by atoms with E-state index in [4.69, 9.17) is 23.7 Å². The van der Waals surface area contributed by atoms with Crippen LogP contribution in [0, 0.1) is 6.92 Å². The molecular formula is C17H18O5. The molecule has 3 rings (SSSR count). The van der Waals surface area contributed by atoms with Crippen LogP contribution in [0.2, 0.25) is 0 Å². The number of ether oxygens (including phenoxy) is 5. The summed E-state index contributed by atoms with van der Waals surface area (Å²) in [4.78, 5) is 0. The van der Waals surface area contributed by atoms with Gasteiger partial charge in [0.2, 0.25) is 6.79 Å². The number of fused-ring (bicyclic) bond motifs is 1. The van der Waals surface area contributed by atoms with Crippen LogP contribution in [0.5, 0.6) is 28.7 Å². The Labute approximate surface area is 129 Å². The van der Waals surface area contributed by atoms with Crippen molar-refractivity contribution in [2.75, 3.05) is 21.0 Å². The van der Waals surface area contributed by atoms with Crippen molar-refractivity contribution in [2.45, 2.75) is 13.5 Å². The lowest BCUT2D eigenvalue weighted by Gasteiger charge is -2.13. The first-order chi connectivity index (χ1) is 10.7. The Hall–Kier alpha value is -2.56. The standard InChI is InChI=1S/C17H18O5/c1-11-6-15(18-2)16(19-3)7-12(11)9-20-13-4-5-14-17(8-13)22-10-21-14/h4-8H,9-10H2,1-3H3. The van der Waals surface area contributed by atoms with E-state index < -0.39 is 0 Å². The quantitative estimate of drug-likeness (QED) is 0.848. The van der Waals surface area contributed by atoms with Crippen LogP contribution in [-0.4, -0.2) is 21.0 Å². The summed E-state index contributed by atoms with van der Waals surface area (Å²) in [7, 11) is 3.25. The maximum absolute atomic E-state index is 5.84. The summed E-state index contributed by atoms with van der Waals surface area (Å²) < 4.78 is 27.1. The smallest absolute Gasteiger partial charge is 0.231 e. The van der Waals surface area contributed by atoms with E-state index in [0.29, 0.717) is 23.9 Å². The van der Waals surface area contributed by atoms with Gasteiger partial charge in [-0.05, 0) is 42.3 Å². The fourth-order valence-corrected chi connectivity index (χ4v) is 2.31. The van der Waals surface area contributed by atoms with E-state index in [9.17, 15) is 0 Å². The predicted octanol–water partition coefficient (Wildman–Crippen LogP) is 3.32. The largest absolute Gasteiger partial charge is 0.493 e. The van der Waals surface area contributed by atoms with Crippen molar-refractivity contribution in [1.82, 2.24) is 0 Å². The van der Waals surface area contributed by atoms with Crippen LogP contribution in [0.1, 0.15) is 11.1 Å². The topological polar surface area (TPSA) is 46.2 Å². The molecule has 0 saturated carbocycles. The van der Waals surface area contributed by atoms with Crippen molar-refractivity contribution in [3.8, 4) is 28.7 Å². The van der Waals surface area contributed by atoms with Gasteiger partial charge in [-0.1, -0.05) is 0 Å². The second-order valence-electron chi connectivity index (χ2n) is 4.94. The summed E-state index contributed by atoms with van der Waals surface area (Å²) in [5.74, 6) is 3.60. The van der Waals surface area contributed by atoms with Crippen molar-refractivity contribution < 1.29 is 23.7 Å². The Bertz CT molecular complexity index is 681. The van der Waals surface area contributed by atoms with Crippen LogP contribution < -0.4 is 23.7 Å². The Kier molecular flexibility index (Phi) is 3.96. The number of benzene rings is 2. The Morgan fingerprint density at radius 1 is 0.955 bits per heavy atom. The zero-order chi connectivity index (χ0) is 15.5. The van der Waals surface area contributed by atoms with Crippen LogP contribution in [0.25, 0.3) is 0 Å². The van der Waals surface area contributed by atoms with E-state index in [2.05, 4.69) is 0 Å². The Morgan fingerprint density at radius 3 is 2.45 bits per heavy atom. The summed E-state index contributed by atoms with van der Waals surface area (Å²) in [6, 6.07) is 9.42. The van der Waals surface area contributed by atoms with Gasteiger partial charge in [-0.25, -0.2) is 0 Å². The molecule has 0 fully saturated rings. The van der Waals surface area contributed by atoms with Gasteiger partial charge < -0.3 is 23.7 Å². The molecule has 0 N–H and O–H groups in total. The molecule has 0 spiro atoms. The number of rotatable bonds is 5. The van der Waals surface area contributed by atoms with E-state index in [1.807, 2.05) is 37.3 Å². The first-order valence-electron chi connectivity index (χ1n) is 6.95. The molecule has 2 aromatic rings. The van der Waals surface area contributed by atoms with Crippen molar-refractivity contribution in [3.05, 3.63) is 41.5 Å². The fraction of sp³-hybridized carbons (Fsp3) is 0.294. The van der Waals surface area contributed by atoms with Gasteiger partial charge in [-0.2, -0.15) is 0 Å². The summed E-state index contributed by atoms with van der Waals surface area (Å²) in [5, 5.41) is 0. The molecule has 2 aromatic carbocycles. The maximum Gasteiger partial charge on any atom is 0.231 e. The SMILES string of the molecule is COc1cc(C)c(COc2ccc3c(c2)OCO3)cc1OC. The van der Waals surface area contributed by atoms with Crippen molar-refractivity contribution >= 4 is 0 Å². The average Bonchev–Trinajstić information content (AvgIpc) is 3.01. The van der Waals surface area contributed by atoms with E-state index >= 15 is 0 Å². The molecule has 0 bridgehead atoms. The molecule has 0 amide bonds. The number of aryl methyl sites for hydroxylation is 1. The minimum absolute atomic E-state index is 0.258. The molecule has 116 valence electrons. The van der Waals surface area contributed by atoms with E-state index in [1.54, 1.807) is 14.2 Å². The van der Waals surface area contributed by atoms with Crippen LogP contribution in [0.4, 0.5) is 0 Å². The van der Waals surface area contributed by atoms with Gasteiger partial charge in [-0.15, -0.1) is 0 Å². The number of methoxy groups -OCH3 is 2. The first-order valence-corrected chi connectivity index (χ1v) is 6.95. The minimum Gasteiger partial charge on any atom is -0.493 e. The van der Waals surface area contributed by atoms with Crippen LogP contribution >= 0.6 is 0 Å². The molecule has 1 aliphatic heterocycles. The fourth-order valence-electron chi connectivity index (χ4n) is 2.31. The predicted molar refractivity (Wildman–Crippen MR) is 81.2 cm³/mol. The van der Waals surface area contributed by atoms with Gasteiger partial charge in [0.25, 0.3) is 0 Å². The highest BCUT2D eigenvalue weighted by atomic mass is 16.7. The average molecular weight is 302 g/mol.